The molecule has 1 aromatic heterocycles. The van der Waals surface area contributed by atoms with Crippen LogP contribution in [0.5, 0.6) is 0 Å². The number of carbonyl (C=O) groups excluding carboxylic acids is 1. The first kappa shape index (κ1) is 22.5. The third kappa shape index (κ3) is 4.67. The van der Waals surface area contributed by atoms with Crippen molar-refractivity contribution in [1.29, 1.82) is 0 Å². The molecule has 3 aromatic rings. The summed E-state index contributed by atoms with van der Waals surface area (Å²) in [5.41, 5.74) is 3.75. The number of para-hydroxylation sites is 2. The van der Waals surface area contributed by atoms with Crippen LogP contribution in [0.3, 0.4) is 0 Å². The van der Waals surface area contributed by atoms with E-state index in [0.717, 1.165) is 35.7 Å². The van der Waals surface area contributed by atoms with E-state index in [-0.39, 0.29) is 11.9 Å². The second-order valence-electron chi connectivity index (χ2n) is 8.45. The van der Waals surface area contributed by atoms with E-state index >= 15 is 0 Å². The maximum Gasteiger partial charge on any atom is 0.265 e. The molecule has 2 atom stereocenters. The number of rotatable bonds is 6. The van der Waals surface area contributed by atoms with Gasteiger partial charge in [-0.25, -0.2) is 5.01 Å². The molecule has 0 saturated carbocycles. The molecule has 1 fully saturated rings. The van der Waals surface area contributed by atoms with E-state index in [9.17, 15) is 4.79 Å². The van der Waals surface area contributed by atoms with E-state index in [1.807, 2.05) is 61.5 Å². The van der Waals surface area contributed by atoms with Crippen LogP contribution in [-0.4, -0.2) is 49.0 Å². The van der Waals surface area contributed by atoms with E-state index in [1.165, 1.54) is 0 Å². The molecule has 3 heterocycles. The number of hydrazone groups is 1. The zero-order chi connectivity index (χ0) is 23.5. The van der Waals surface area contributed by atoms with Crippen molar-refractivity contribution in [3.05, 3.63) is 83.3 Å². The lowest BCUT2D eigenvalue weighted by Gasteiger charge is -2.31. The Balaban J connectivity index is 1.39. The summed E-state index contributed by atoms with van der Waals surface area (Å²) < 4.78 is 11.2. The monoisotopic (exact) mass is 478 g/mol. The molecule has 8 heteroatoms. The maximum atomic E-state index is 13.6. The van der Waals surface area contributed by atoms with Gasteiger partial charge >= 0.3 is 0 Å². The number of furan rings is 1. The van der Waals surface area contributed by atoms with Crippen LogP contribution in [0.15, 0.2) is 76.4 Å². The molecule has 0 bridgehead atoms. The summed E-state index contributed by atoms with van der Waals surface area (Å²) in [6, 6.07) is 18.5. The molecule has 1 N–H and O–H groups in total. The van der Waals surface area contributed by atoms with Crippen molar-refractivity contribution >= 4 is 34.6 Å². The van der Waals surface area contributed by atoms with Crippen molar-refractivity contribution in [3.63, 3.8) is 0 Å². The zero-order valence-electron chi connectivity index (χ0n) is 19.0. The molecule has 0 aliphatic carbocycles. The molecule has 0 radical (unpaired) electrons. The Hall–Kier alpha value is -3.29. The third-order valence-electron chi connectivity index (χ3n) is 6.18. The van der Waals surface area contributed by atoms with Crippen LogP contribution in [0.1, 0.15) is 30.7 Å². The summed E-state index contributed by atoms with van der Waals surface area (Å²) in [5.74, 6) is 0.587. The van der Waals surface area contributed by atoms with Crippen LogP contribution in [0.25, 0.3) is 0 Å². The number of ether oxygens (including phenoxy) is 1. The fraction of sp³-hybridized carbons (Fsp3) is 0.308. The Labute approximate surface area is 203 Å². The molecule has 2 aromatic carbocycles. The average molecular weight is 479 g/mol. The van der Waals surface area contributed by atoms with Gasteiger partial charge in [0.05, 0.1) is 36.6 Å². The first-order valence-electron chi connectivity index (χ1n) is 11.5. The van der Waals surface area contributed by atoms with Crippen molar-refractivity contribution in [2.75, 3.05) is 36.5 Å². The Bertz CT molecular complexity index is 1160. The van der Waals surface area contributed by atoms with Crippen molar-refractivity contribution in [1.82, 2.24) is 5.01 Å². The summed E-state index contributed by atoms with van der Waals surface area (Å²) in [7, 11) is 0. The molecular formula is C26H27ClN4O3. The number of halogens is 1. The van der Waals surface area contributed by atoms with E-state index in [4.69, 9.17) is 25.9 Å². The molecule has 2 aliphatic rings. The first-order chi connectivity index (χ1) is 16.6. The highest BCUT2D eigenvalue weighted by molar-refractivity contribution is 6.30. The van der Waals surface area contributed by atoms with Gasteiger partial charge in [0.25, 0.3) is 5.91 Å². The van der Waals surface area contributed by atoms with E-state index in [2.05, 4.69) is 16.3 Å². The number of amides is 1. The molecule has 1 amide bonds. The summed E-state index contributed by atoms with van der Waals surface area (Å²) in [4.78, 5) is 15.9. The van der Waals surface area contributed by atoms with Gasteiger partial charge in [0, 0.05) is 24.5 Å². The summed E-state index contributed by atoms with van der Waals surface area (Å²) in [6.07, 6.45) is 2.19. The van der Waals surface area contributed by atoms with Gasteiger partial charge in [-0.2, -0.15) is 5.10 Å². The van der Waals surface area contributed by atoms with Crippen molar-refractivity contribution in [3.8, 4) is 0 Å². The second kappa shape index (κ2) is 9.91. The fourth-order valence-corrected chi connectivity index (χ4v) is 4.53. The molecule has 0 spiro atoms. The second-order valence-corrected chi connectivity index (χ2v) is 8.89. The number of nitrogens with zero attached hydrogens (tertiary/aromatic N) is 3. The Kier molecular flexibility index (Phi) is 6.56. The summed E-state index contributed by atoms with van der Waals surface area (Å²) in [5, 5.41) is 10.4. The standard InChI is InChI=1S/C26H27ClN4O3/c1-18(28-21-5-2-3-6-23(21)30-12-15-33-16-13-30)26(32)31-24(25-7-4-14-34-25)17-22(29-31)19-8-10-20(27)11-9-19/h2-11,14,18,24,28H,12-13,15-17H2,1H3/t18-,24-/m1/s1. The Morgan fingerprint density at radius 1 is 1.09 bits per heavy atom. The summed E-state index contributed by atoms with van der Waals surface area (Å²) in [6.45, 7) is 4.91. The number of hydrogen-bond donors (Lipinski definition) is 1. The van der Waals surface area contributed by atoms with Gasteiger partial charge in [0.2, 0.25) is 0 Å². The van der Waals surface area contributed by atoms with Crippen molar-refractivity contribution in [2.24, 2.45) is 5.10 Å². The van der Waals surface area contributed by atoms with Gasteiger partial charge in [-0.1, -0.05) is 35.9 Å². The van der Waals surface area contributed by atoms with Crippen LogP contribution >= 0.6 is 11.6 Å². The fourth-order valence-electron chi connectivity index (χ4n) is 4.40. The topological polar surface area (TPSA) is 70.3 Å². The van der Waals surface area contributed by atoms with Gasteiger partial charge < -0.3 is 19.4 Å². The van der Waals surface area contributed by atoms with E-state index in [1.54, 1.807) is 11.3 Å². The Morgan fingerprint density at radius 3 is 2.59 bits per heavy atom. The number of anilines is 2. The highest BCUT2D eigenvalue weighted by atomic mass is 35.5. The average Bonchev–Trinajstić information content (AvgIpc) is 3.55. The molecule has 5 rings (SSSR count). The molecule has 7 nitrogen and oxygen atoms in total. The smallest absolute Gasteiger partial charge is 0.265 e. The quantitative estimate of drug-likeness (QED) is 0.543. The summed E-state index contributed by atoms with van der Waals surface area (Å²) >= 11 is 6.06. The molecule has 2 aliphatic heterocycles. The molecule has 176 valence electrons. The number of hydrogen-bond acceptors (Lipinski definition) is 6. The SMILES string of the molecule is C[C@@H](Nc1ccccc1N1CCOCC1)C(=O)N1N=C(c2ccc(Cl)cc2)C[C@@H]1c1ccco1. The van der Waals surface area contributed by atoms with Crippen molar-refractivity contribution < 1.29 is 13.9 Å². The third-order valence-corrected chi connectivity index (χ3v) is 6.44. The minimum Gasteiger partial charge on any atom is -0.467 e. The van der Waals surface area contributed by atoms with Crippen LogP contribution in [0, 0.1) is 0 Å². The zero-order valence-corrected chi connectivity index (χ0v) is 19.7. The minimum absolute atomic E-state index is 0.123. The van der Waals surface area contributed by atoms with Gasteiger partial charge in [0.1, 0.15) is 17.8 Å². The van der Waals surface area contributed by atoms with E-state index < -0.39 is 6.04 Å². The molecule has 1 saturated heterocycles. The van der Waals surface area contributed by atoms with Crippen LogP contribution in [0.4, 0.5) is 11.4 Å². The van der Waals surface area contributed by atoms with Crippen LogP contribution in [-0.2, 0) is 9.53 Å². The van der Waals surface area contributed by atoms with E-state index in [0.29, 0.717) is 30.4 Å². The van der Waals surface area contributed by atoms with Gasteiger partial charge in [0.15, 0.2) is 0 Å². The molecule has 34 heavy (non-hydrogen) atoms. The predicted octanol–water partition coefficient (Wildman–Crippen LogP) is 4.95. The number of nitrogens with one attached hydrogen (secondary N) is 1. The van der Waals surface area contributed by atoms with Crippen LogP contribution < -0.4 is 10.2 Å². The number of morpholine rings is 1. The largest absolute Gasteiger partial charge is 0.467 e. The lowest BCUT2D eigenvalue weighted by Crippen LogP contribution is -2.40. The van der Waals surface area contributed by atoms with Crippen molar-refractivity contribution in [2.45, 2.75) is 25.4 Å². The number of benzene rings is 2. The maximum absolute atomic E-state index is 13.6. The van der Waals surface area contributed by atoms with Gasteiger partial charge in [-0.15, -0.1) is 0 Å². The molecular weight excluding hydrogens is 452 g/mol. The minimum atomic E-state index is -0.493. The normalized spacial score (nSPS) is 19.1. The molecule has 0 unspecified atom stereocenters. The Morgan fingerprint density at radius 2 is 1.85 bits per heavy atom. The highest BCUT2D eigenvalue weighted by Crippen LogP contribution is 2.34. The highest BCUT2D eigenvalue weighted by Gasteiger charge is 2.37. The lowest BCUT2D eigenvalue weighted by atomic mass is 10.0. The number of carbonyl (C=O) groups is 1. The predicted molar refractivity (Wildman–Crippen MR) is 133 cm³/mol. The van der Waals surface area contributed by atoms with Crippen LogP contribution in [0.2, 0.25) is 5.02 Å². The first-order valence-corrected chi connectivity index (χ1v) is 11.9. The van der Waals surface area contributed by atoms with Gasteiger partial charge in [-0.05, 0) is 48.9 Å². The lowest BCUT2D eigenvalue weighted by molar-refractivity contribution is -0.133. The van der Waals surface area contributed by atoms with Gasteiger partial charge in [-0.3, -0.25) is 4.79 Å².